The van der Waals surface area contributed by atoms with E-state index >= 15 is 0 Å². The standard InChI is InChI=1S/C17H18N4O4S/c1-20(12-16(22)18-14-5-3-2-4-6-14)17(23)13-7-8-15-19-26(24,25)10-9-21(15)11-13/h2-8,11H,9-10,12H2,1H3,(H,18,22). The van der Waals surface area contributed by atoms with Gasteiger partial charge in [0.2, 0.25) is 5.91 Å². The summed E-state index contributed by atoms with van der Waals surface area (Å²) < 4.78 is 26.7. The molecule has 2 amide bonds. The van der Waals surface area contributed by atoms with Crippen molar-refractivity contribution in [2.75, 3.05) is 31.2 Å². The van der Waals surface area contributed by atoms with Gasteiger partial charge in [-0.25, -0.2) is 8.42 Å². The van der Waals surface area contributed by atoms with Gasteiger partial charge in [0.25, 0.3) is 15.9 Å². The number of carbonyl (C=O) groups excluding carboxylic acids is 2. The van der Waals surface area contributed by atoms with Crippen molar-refractivity contribution in [2.24, 2.45) is 4.40 Å². The lowest BCUT2D eigenvalue weighted by Gasteiger charge is -2.28. The first-order valence-corrected chi connectivity index (χ1v) is 9.54. The lowest BCUT2D eigenvalue weighted by molar-refractivity contribution is -0.129. The number of fused-ring (bicyclic) bond motifs is 1. The first-order chi connectivity index (χ1) is 12.3. The number of para-hydroxylation sites is 1. The predicted molar refractivity (Wildman–Crippen MR) is 97.9 cm³/mol. The second-order valence-corrected chi connectivity index (χ2v) is 7.68. The van der Waals surface area contributed by atoms with Gasteiger partial charge in [-0.05, 0) is 24.3 Å². The van der Waals surface area contributed by atoms with Crippen molar-refractivity contribution in [1.29, 1.82) is 0 Å². The number of hydrogen-bond acceptors (Lipinski definition) is 5. The average molecular weight is 374 g/mol. The first-order valence-electron chi connectivity index (χ1n) is 7.94. The molecule has 26 heavy (non-hydrogen) atoms. The zero-order chi connectivity index (χ0) is 18.7. The summed E-state index contributed by atoms with van der Waals surface area (Å²) in [7, 11) is -1.90. The molecule has 1 aromatic carbocycles. The second kappa shape index (κ2) is 7.12. The highest BCUT2D eigenvalue weighted by Gasteiger charge is 2.26. The number of benzene rings is 1. The Morgan fingerprint density at radius 2 is 1.96 bits per heavy atom. The van der Waals surface area contributed by atoms with Crippen molar-refractivity contribution in [3.8, 4) is 0 Å². The quantitative estimate of drug-likeness (QED) is 0.831. The summed E-state index contributed by atoms with van der Waals surface area (Å²) in [6.45, 7) is 0.134. The van der Waals surface area contributed by atoms with Crippen molar-refractivity contribution in [3.05, 3.63) is 54.3 Å². The maximum absolute atomic E-state index is 12.5. The van der Waals surface area contributed by atoms with Gasteiger partial charge >= 0.3 is 0 Å². The molecule has 0 saturated carbocycles. The van der Waals surface area contributed by atoms with Gasteiger partial charge < -0.3 is 15.1 Å². The van der Waals surface area contributed by atoms with E-state index in [0.717, 1.165) is 0 Å². The number of likely N-dealkylation sites (N-methyl/N-ethyl adjacent to an activating group) is 1. The molecule has 2 aliphatic rings. The molecule has 8 nitrogen and oxygen atoms in total. The Hall–Kier alpha value is -2.94. The average Bonchev–Trinajstić information content (AvgIpc) is 2.60. The summed E-state index contributed by atoms with van der Waals surface area (Å²) in [6, 6.07) is 8.98. The Labute approximate surface area is 151 Å². The molecular weight excluding hydrogens is 356 g/mol. The summed E-state index contributed by atoms with van der Waals surface area (Å²) >= 11 is 0. The molecule has 1 N–H and O–H groups in total. The van der Waals surface area contributed by atoms with Crippen LogP contribution in [0.5, 0.6) is 0 Å². The highest BCUT2D eigenvalue weighted by Crippen LogP contribution is 2.17. The van der Waals surface area contributed by atoms with Crippen molar-refractivity contribution in [3.63, 3.8) is 0 Å². The second-order valence-electron chi connectivity index (χ2n) is 5.92. The van der Waals surface area contributed by atoms with E-state index in [0.29, 0.717) is 11.3 Å². The fourth-order valence-corrected chi connectivity index (χ4v) is 3.53. The van der Waals surface area contributed by atoms with Crippen LogP contribution in [0.25, 0.3) is 0 Å². The van der Waals surface area contributed by atoms with E-state index in [1.54, 1.807) is 35.4 Å². The van der Waals surface area contributed by atoms with E-state index in [-0.39, 0.29) is 36.5 Å². The number of hydrogen-bond donors (Lipinski definition) is 1. The van der Waals surface area contributed by atoms with Gasteiger partial charge in [-0.2, -0.15) is 0 Å². The Morgan fingerprint density at radius 3 is 2.69 bits per heavy atom. The van der Waals surface area contributed by atoms with Gasteiger partial charge in [-0.3, -0.25) is 9.59 Å². The van der Waals surface area contributed by atoms with E-state index in [4.69, 9.17) is 0 Å². The van der Waals surface area contributed by atoms with Crippen LogP contribution >= 0.6 is 0 Å². The van der Waals surface area contributed by atoms with Gasteiger partial charge in [-0.15, -0.1) is 4.40 Å². The van der Waals surface area contributed by atoms with Crippen molar-refractivity contribution in [2.45, 2.75) is 0 Å². The molecule has 0 radical (unpaired) electrons. The third-order valence-electron chi connectivity index (χ3n) is 3.86. The molecule has 0 fully saturated rings. The predicted octanol–water partition coefficient (Wildman–Crippen LogP) is 0.581. The smallest absolute Gasteiger partial charge is 0.256 e. The highest BCUT2D eigenvalue weighted by molar-refractivity contribution is 7.90. The zero-order valence-electron chi connectivity index (χ0n) is 14.1. The van der Waals surface area contributed by atoms with Crippen LogP contribution in [0.4, 0.5) is 5.69 Å². The van der Waals surface area contributed by atoms with Crippen LogP contribution in [0.2, 0.25) is 0 Å². The Balaban J connectivity index is 1.63. The number of sulfonamides is 1. The largest absolute Gasteiger partial charge is 0.332 e. The lowest BCUT2D eigenvalue weighted by Crippen LogP contribution is -2.39. The number of amides is 2. The van der Waals surface area contributed by atoms with E-state index in [9.17, 15) is 18.0 Å². The summed E-state index contributed by atoms with van der Waals surface area (Å²) in [5.74, 6) is -0.453. The molecule has 0 aliphatic carbocycles. The third kappa shape index (κ3) is 4.17. The number of carbonyl (C=O) groups is 2. The molecule has 0 bridgehead atoms. The van der Waals surface area contributed by atoms with E-state index < -0.39 is 10.0 Å². The minimum atomic E-state index is -3.44. The van der Waals surface area contributed by atoms with E-state index in [1.165, 1.54) is 24.1 Å². The van der Waals surface area contributed by atoms with Crippen LogP contribution in [0, 0.1) is 0 Å². The highest BCUT2D eigenvalue weighted by atomic mass is 32.2. The molecule has 0 aromatic heterocycles. The van der Waals surface area contributed by atoms with Crippen molar-refractivity contribution >= 4 is 33.4 Å². The molecule has 0 spiro atoms. The molecule has 9 heteroatoms. The van der Waals surface area contributed by atoms with Gasteiger partial charge in [0.1, 0.15) is 5.84 Å². The molecule has 0 saturated heterocycles. The molecular formula is C17H18N4O4S. The van der Waals surface area contributed by atoms with Gasteiger partial charge in [-0.1, -0.05) is 18.2 Å². The summed E-state index contributed by atoms with van der Waals surface area (Å²) in [5.41, 5.74) is 1.02. The van der Waals surface area contributed by atoms with Crippen LogP contribution in [0.1, 0.15) is 0 Å². The summed E-state index contributed by atoms with van der Waals surface area (Å²) in [4.78, 5) is 27.5. The van der Waals surface area contributed by atoms with E-state index in [2.05, 4.69) is 9.71 Å². The van der Waals surface area contributed by atoms with Crippen molar-refractivity contribution < 1.29 is 18.0 Å². The monoisotopic (exact) mass is 374 g/mol. The summed E-state index contributed by atoms with van der Waals surface area (Å²) in [6.07, 6.45) is 4.55. The molecule has 2 heterocycles. The van der Waals surface area contributed by atoms with Gasteiger partial charge in [0.15, 0.2) is 0 Å². The Kier molecular flexibility index (Phi) is 4.90. The van der Waals surface area contributed by atoms with Gasteiger partial charge in [0.05, 0.1) is 17.9 Å². The topological polar surface area (TPSA) is 99.1 Å². The van der Waals surface area contributed by atoms with Gasteiger partial charge in [0, 0.05) is 25.5 Å². The number of rotatable bonds is 4. The molecule has 0 atom stereocenters. The molecule has 1 aromatic rings. The summed E-state index contributed by atoms with van der Waals surface area (Å²) in [5, 5.41) is 2.72. The zero-order valence-corrected chi connectivity index (χ0v) is 14.9. The van der Waals surface area contributed by atoms with E-state index in [1.807, 2.05) is 6.07 Å². The molecule has 136 valence electrons. The molecule has 2 aliphatic heterocycles. The normalized spacial score (nSPS) is 17.7. The van der Waals surface area contributed by atoms with Crippen LogP contribution in [-0.4, -0.2) is 61.8 Å². The Bertz CT molecular complexity index is 919. The minimum Gasteiger partial charge on any atom is -0.332 e. The third-order valence-corrected chi connectivity index (χ3v) is 5.02. The number of nitrogens with zero attached hydrogens (tertiary/aromatic N) is 3. The van der Waals surface area contributed by atoms with Crippen LogP contribution in [0.15, 0.2) is 58.7 Å². The number of amidine groups is 1. The Morgan fingerprint density at radius 1 is 1.23 bits per heavy atom. The molecule has 0 unspecified atom stereocenters. The fourth-order valence-electron chi connectivity index (χ4n) is 2.56. The number of nitrogens with one attached hydrogen (secondary N) is 1. The van der Waals surface area contributed by atoms with Crippen LogP contribution < -0.4 is 5.32 Å². The van der Waals surface area contributed by atoms with Crippen LogP contribution in [0.3, 0.4) is 0 Å². The molecule has 3 rings (SSSR count). The lowest BCUT2D eigenvalue weighted by atomic mass is 10.1. The SMILES string of the molecule is CN(CC(=O)Nc1ccccc1)C(=O)C1=CN2CCS(=O)(=O)N=C2C=C1. The number of anilines is 1. The fraction of sp³-hybridized carbons (Fsp3) is 0.235. The maximum Gasteiger partial charge on any atom is 0.256 e. The maximum atomic E-state index is 12.5. The first kappa shape index (κ1) is 17.9. The minimum absolute atomic E-state index is 0.0996. The van der Waals surface area contributed by atoms with Crippen molar-refractivity contribution in [1.82, 2.24) is 9.80 Å². The van der Waals surface area contributed by atoms with Crippen LogP contribution in [-0.2, 0) is 19.6 Å².